The van der Waals surface area contributed by atoms with E-state index in [1.165, 1.54) is 27.4 Å². The molecule has 0 aliphatic carbocycles. The lowest BCUT2D eigenvalue weighted by molar-refractivity contribution is 0.662. The van der Waals surface area contributed by atoms with Crippen LogP contribution < -0.4 is 0 Å². The normalized spacial score (nSPS) is 12.2. The molecule has 0 aliphatic heterocycles. The summed E-state index contributed by atoms with van der Waals surface area (Å²) in [6.45, 7) is 0. The van der Waals surface area contributed by atoms with E-state index < -0.39 is 0 Å². The highest BCUT2D eigenvalue weighted by molar-refractivity contribution is 6.23. The Bertz CT molecular complexity index is 3410. The van der Waals surface area contributed by atoms with Crippen molar-refractivity contribution in [2.45, 2.75) is 0 Å². The maximum atomic E-state index is 6.67. The largest absolute Gasteiger partial charge is 0.456 e. The molecule has 0 amide bonds. The molecule has 0 bridgehead atoms. The van der Waals surface area contributed by atoms with Gasteiger partial charge in [-0.3, -0.25) is 0 Å². The highest BCUT2D eigenvalue weighted by atomic mass is 16.3. The summed E-state index contributed by atoms with van der Waals surface area (Å²) in [6, 6.07) is 57.8. The molecule has 4 nitrogen and oxygen atoms in total. The molecule has 4 heteroatoms. The van der Waals surface area contributed by atoms with Crippen molar-refractivity contribution in [3.05, 3.63) is 164 Å². The fourth-order valence-electron chi connectivity index (χ4n) is 8.37. The lowest BCUT2D eigenvalue weighted by Gasteiger charge is -2.08. The third-order valence-corrected chi connectivity index (χ3v) is 10.8. The molecule has 0 N–H and O–H groups in total. The van der Waals surface area contributed by atoms with Crippen LogP contribution >= 0.6 is 0 Å². The van der Waals surface area contributed by atoms with E-state index in [4.69, 9.17) is 13.3 Å². The molecule has 12 aromatic rings. The molecule has 0 saturated carbocycles. The predicted molar refractivity (Wildman–Crippen MR) is 213 cm³/mol. The molecular weight excluding hydrogens is 639 g/mol. The van der Waals surface area contributed by atoms with Crippen LogP contribution in [0.15, 0.2) is 177 Å². The summed E-state index contributed by atoms with van der Waals surface area (Å²) in [4.78, 5) is 0. The van der Waals surface area contributed by atoms with Crippen LogP contribution in [0.25, 0.3) is 116 Å². The van der Waals surface area contributed by atoms with Crippen LogP contribution in [0.2, 0.25) is 0 Å². The van der Waals surface area contributed by atoms with Crippen LogP contribution in [0.4, 0.5) is 0 Å². The van der Waals surface area contributed by atoms with Crippen molar-refractivity contribution in [1.29, 1.82) is 0 Å². The van der Waals surface area contributed by atoms with Gasteiger partial charge >= 0.3 is 0 Å². The SMILES string of the molecule is c1ccc(-n2c3ccccc3c3cc(-c4ccc5oc6c(ccc7oc8ccc(-c9ccc%10oc%11ccccc%11c%10c9)cc8c76)c5c4)ccc32)cc1. The zero-order chi connectivity index (χ0) is 33.9. The third-order valence-electron chi connectivity index (χ3n) is 10.8. The molecule has 0 radical (unpaired) electrons. The molecule has 4 aromatic heterocycles. The van der Waals surface area contributed by atoms with Gasteiger partial charge in [-0.05, 0) is 107 Å². The van der Waals surface area contributed by atoms with Gasteiger partial charge in [0.15, 0.2) is 0 Å². The highest BCUT2D eigenvalue weighted by Crippen LogP contribution is 2.43. The molecule has 0 fully saturated rings. The maximum absolute atomic E-state index is 6.67. The number of aromatic nitrogens is 1. The number of fused-ring (bicyclic) bond motifs is 13. The first-order chi connectivity index (χ1) is 25.7. The van der Waals surface area contributed by atoms with Gasteiger partial charge in [-0.2, -0.15) is 0 Å². The molecule has 0 unspecified atom stereocenters. The summed E-state index contributed by atoms with van der Waals surface area (Å²) in [5.74, 6) is 0. The van der Waals surface area contributed by atoms with E-state index in [2.05, 4.69) is 156 Å². The Morgan fingerprint density at radius 3 is 1.62 bits per heavy atom. The van der Waals surface area contributed by atoms with Gasteiger partial charge in [0.2, 0.25) is 0 Å². The van der Waals surface area contributed by atoms with Gasteiger partial charge in [-0.1, -0.05) is 78.9 Å². The van der Waals surface area contributed by atoms with Crippen LogP contribution in [-0.2, 0) is 0 Å². The van der Waals surface area contributed by atoms with Crippen LogP contribution in [0.1, 0.15) is 0 Å². The van der Waals surface area contributed by atoms with Gasteiger partial charge in [-0.25, -0.2) is 0 Å². The van der Waals surface area contributed by atoms with Crippen LogP contribution in [0.5, 0.6) is 0 Å². The number of hydrogen-bond acceptors (Lipinski definition) is 3. The molecule has 12 rings (SSSR count). The zero-order valence-electron chi connectivity index (χ0n) is 27.8. The van der Waals surface area contributed by atoms with E-state index in [-0.39, 0.29) is 0 Å². The Morgan fingerprint density at radius 2 is 0.827 bits per heavy atom. The van der Waals surface area contributed by atoms with Crippen LogP contribution in [0, 0.1) is 0 Å². The topological polar surface area (TPSA) is 44.4 Å². The molecule has 0 aliphatic rings. The molecule has 0 spiro atoms. The van der Waals surface area contributed by atoms with Crippen molar-refractivity contribution in [1.82, 2.24) is 4.57 Å². The van der Waals surface area contributed by atoms with E-state index in [1.54, 1.807) is 0 Å². The first-order valence-electron chi connectivity index (χ1n) is 17.6. The highest BCUT2D eigenvalue weighted by Gasteiger charge is 2.19. The smallest absolute Gasteiger partial charge is 0.147 e. The third kappa shape index (κ3) is 3.86. The summed E-state index contributed by atoms with van der Waals surface area (Å²) >= 11 is 0. The van der Waals surface area contributed by atoms with E-state index in [0.29, 0.717) is 0 Å². The van der Waals surface area contributed by atoms with Crippen molar-refractivity contribution < 1.29 is 13.3 Å². The summed E-state index contributed by atoms with van der Waals surface area (Å²) in [5.41, 5.74) is 13.3. The molecule has 4 heterocycles. The molecule has 52 heavy (non-hydrogen) atoms. The molecule has 0 atom stereocenters. The van der Waals surface area contributed by atoms with Crippen molar-refractivity contribution in [2.75, 3.05) is 0 Å². The van der Waals surface area contributed by atoms with Crippen molar-refractivity contribution in [3.8, 4) is 27.9 Å². The van der Waals surface area contributed by atoms with Gasteiger partial charge < -0.3 is 17.8 Å². The Labute approximate surface area is 296 Å². The first kappa shape index (κ1) is 27.7. The molecule has 8 aromatic carbocycles. The number of benzene rings is 8. The Hall–Kier alpha value is -7.04. The van der Waals surface area contributed by atoms with Gasteiger partial charge in [0.1, 0.15) is 33.5 Å². The summed E-state index contributed by atoms with van der Waals surface area (Å²) in [7, 11) is 0. The monoisotopic (exact) mass is 665 g/mol. The van der Waals surface area contributed by atoms with E-state index >= 15 is 0 Å². The van der Waals surface area contributed by atoms with Gasteiger partial charge in [0.05, 0.1) is 16.4 Å². The number of hydrogen-bond donors (Lipinski definition) is 0. The predicted octanol–water partition coefficient (Wildman–Crippen LogP) is 13.8. The number of rotatable bonds is 3. The molecular formula is C48H27NO3. The van der Waals surface area contributed by atoms with Gasteiger partial charge in [0.25, 0.3) is 0 Å². The maximum Gasteiger partial charge on any atom is 0.147 e. The fourth-order valence-corrected chi connectivity index (χ4v) is 8.37. The van der Waals surface area contributed by atoms with Crippen molar-refractivity contribution in [3.63, 3.8) is 0 Å². The van der Waals surface area contributed by atoms with Crippen molar-refractivity contribution >= 4 is 87.6 Å². The van der Waals surface area contributed by atoms with Crippen LogP contribution in [0.3, 0.4) is 0 Å². The van der Waals surface area contributed by atoms with Crippen LogP contribution in [-0.4, -0.2) is 4.57 Å². The second-order valence-corrected chi connectivity index (χ2v) is 13.7. The molecule has 0 saturated heterocycles. The summed E-state index contributed by atoms with van der Waals surface area (Å²) < 4.78 is 21.5. The lowest BCUT2D eigenvalue weighted by Crippen LogP contribution is -1.92. The quantitative estimate of drug-likeness (QED) is 0.189. The van der Waals surface area contributed by atoms with Gasteiger partial charge in [0, 0.05) is 43.4 Å². The van der Waals surface area contributed by atoms with Gasteiger partial charge in [-0.15, -0.1) is 0 Å². The first-order valence-corrected chi connectivity index (χ1v) is 17.6. The second-order valence-electron chi connectivity index (χ2n) is 13.7. The minimum Gasteiger partial charge on any atom is -0.456 e. The fraction of sp³-hybridized carbons (Fsp3) is 0. The minimum atomic E-state index is 0.815. The Balaban J connectivity index is 1.01. The summed E-state index contributed by atoms with van der Waals surface area (Å²) in [6.07, 6.45) is 0. The minimum absolute atomic E-state index is 0.815. The Morgan fingerprint density at radius 1 is 0.308 bits per heavy atom. The van der Waals surface area contributed by atoms with E-state index in [1.807, 2.05) is 12.1 Å². The average molecular weight is 666 g/mol. The Kier molecular flexibility index (Phi) is 5.47. The number of para-hydroxylation sites is 3. The summed E-state index contributed by atoms with van der Waals surface area (Å²) in [5, 5.41) is 8.90. The van der Waals surface area contributed by atoms with Crippen molar-refractivity contribution in [2.24, 2.45) is 0 Å². The molecule has 242 valence electrons. The number of furan rings is 3. The number of nitrogens with zero attached hydrogens (tertiary/aromatic N) is 1. The van der Waals surface area contributed by atoms with E-state index in [9.17, 15) is 0 Å². The van der Waals surface area contributed by atoms with E-state index in [0.717, 1.165) is 88.2 Å². The second kappa shape index (κ2) is 10.3. The average Bonchev–Trinajstić information content (AvgIpc) is 3.95. The zero-order valence-corrected chi connectivity index (χ0v) is 27.8. The standard InChI is InChI=1S/C48H27NO3/c1-2-8-32(9-3-1)49-40-12-6-4-10-33(40)36-24-28(14-19-41(36)49)30-16-21-44-38(26-30)35-18-23-46-47(48(35)52-44)39-27-31(17-22-45(39)51-46)29-15-20-43-37(25-29)34-11-5-7-13-42(34)50-43/h1-27H. The lowest BCUT2D eigenvalue weighted by atomic mass is 9.99.